The van der Waals surface area contributed by atoms with Crippen LogP contribution in [0.15, 0.2) is 24.7 Å². The lowest BCUT2D eigenvalue weighted by Gasteiger charge is -2.05. The molecule has 0 radical (unpaired) electrons. The lowest BCUT2D eigenvalue weighted by atomic mass is 10.4. The van der Waals surface area contributed by atoms with Gasteiger partial charge in [-0.05, 0) is 20.2 Å². The lowest BCUT2D eigenvalue weighted by Crippen LogP contribution is -2.11. The molecular formula is C10H13N5. The Morgan fingerprint density at radius 2 is 1.93 bits per heavy atom. The molecule has 1 N–H and O–H groups in total. The van der Waals surface area contributed by atoms with Crippen LogP contribution in [0.2, 0.25) is 0 Å². The summed E-state index contributed by atoms with van der Waals surface area (Å²) in [6.45, 7) is 0.785. The number of nitrogens with one attached hydrogen (secondary N) is 1. The van der Waals surface area contributed by atoms with Crippen LogP contribution in [0, 0.1) is 0 Å². The van der Waals surface area contributed by atoms with Gasteiger partial charge in [-0.2, -0.15) is 0 Å². The molecule has 0 aromatic carbocycles. The molecular weight excluding hydrogens is 190 g/mol. The van der Waals surface area contributed by atoms with E-state index in [0.717, 1.165) is 18.1 Å². The van der Waals surface area contributed by atoms with E-state index in [2.05, 4.69) is 24.8 Å². The van der Waals surface area contributed by atoms with Gasteiger partial charge in [-0.3, -0.25) is 0 Å². The first-order valence-electron chi connectivity index (χ1n) is 4.71. The molecule has 0 fully saturated rings. The quantitative estimate of drug-likeness (QED) is 0.806. The Labute approximate surface area is 88.2 Å². The van der Waals surface area contributed by atoms with Gasteiger partial charge in [-0.15, -0.1) is 0 Å². The summed E-state index contributed by atoms with van der Waals surface area (Å²) < 4.78 is 0. The first-order chi connectivity index (χ1) is 7.25. The monoisotopic (exact) mass is 203 g/mol. The fourth-order valence-electron chi connectivity index (χ4n) is 1.29. The van der Waals surface area contributed by atoms with E-state index in [9.17, 15) is 0 Å². The van der Waals surface area contributed by atoms with Crippen LogP contribution in [-0.4, -0.2) is 38.9 Å². The van der Waals surface area contributed by atoms with Crippen molar-refractivity contribution in [3.05, 3.63) is 30.5 Å². The summed E-state index contributed by atoms with van der Waals surface area (Å²) in [5, 5.41) is 0. The Bertz CT molecular complexity index is 420. The smallest absolute Gasteiger partial charge is 0.177 e. The highest BCUT2D eigenvalue weighted by atomic mass is 15.1. The van der Waals surface area contributed by atoms with Gasteiger partial charge in [-0.1, -0.05) is 0 Å². The molecule has 0 amide bonds. The summed E-state index contributed by atoms with van der Waals surface area (Å²) in [6, 6.07) is 1.79. The van der Waals surface area contributed by atoms with E-state index in [0.29, 0.717) is 5.82 Å². The molecule has 2 aromatic rings. The first kappa shape index (κ1) is 9.79. The fraction of sp³-hybridized carbons (Fsp3) is 0.300. The Hall–Kier alpha value is -1.75. The van der Waals surface area contributed by atoms with Gasteiger partial charge in [0.15, 0.2) is 5.82 Å². The largest absolute Gasteiger partial charge is 0.338 e. The summed E-state index contributed by atoms with van der Waals surface area (Å²) in [5.41, 5.74) is 0.854. The molecule has 5 heteroatoms. The Kier molecular flexibility index (Phi) is 2.73. The van der Waals surface area contributed by atoms with Crippen molar-refractivity contribution >= 4 is 0 Å². The molecule has 78 valence electrons. The average Bonchev–Trinajstić information content (AvgIpc) is 2.67. The van der Waals surface area contributed by atoms with E-state index >= 15 is 0 Å². The summed E-state index contributed by atoms with van der Waals surface area (Å²) in [6.07, 6.45) is 5.19. The third-order valence-corrected chi connectivity index (χ3v) is 1.90. The molecule has 0 aliphatic carbocycles. The van der Waals surface area contributed by atoms with Crippen molar-refractivity contribution in [3.63, 3.8) is 0 Å². The number of hydrogen-bond donors (Lipinski definition) is 1. The van der Waals surface area contributed by atoms with E-state index in [1.807, 2.05) is 14.1 Å². The predicted octanol–water partition coefficient (Wildman–Crippen LogP) is 0.928. The maximum absolute atomic E-state index is 4.26. The van der Waals surface area contributed by atoms with Gasteiger partial charge < -0.3 is 9.88 Å². The molecule has 5 nitrogen and oxygen atoms in total. The van der Waals surface area contributed by atoms with Crippen LogP contribution in [0.25, 0.3) is 11.5 Å². The third-order valence-electron chi connectivity index (χ3n) is 1.90. The van der Waals surface area contributed by atoms with E-state index in [4.69, 9.17) is 0 Å². The van der Waals surface area contributed by atoms with Gasteiger partial charge in [0.1, 0.15) is 11.5 Å². The Balaban J connectivity index is 2.21. The van der Waals surface area contributed by atoms with Crippen molar-refractivity contribution in [2.24, 2.45) is 0 Å². The van der Waals surface area contributed by atoms with Crippen molar-refractivity contribution in [3.8, 4) is 11.5 Å². The standard InChI is InChI=1S/C10H13N5/c1-15(2)7-9-13-6-8(14-9)10-11-4-3-5-12-10/h3-6H,7H2,1-2H3,(H,13,14). The molecule has 2 heterocycles. The van der Waals surface area contributed by atoms with Crippen LogP contribution in [-0.2, 0) is 6.54 Å². The van der Waals surface area contributed by atoms with Gasteiger partial charge in [0.2, 0.25) is 0 Å². The van der Waals surface area contributed by atoms with E-state index in [-0.39, 0.29) is 0 Å². The highest BCUT2D eigenvalue weighted by Crippen LogP contribution is 2.10. The zero-order valence-corrected chi connectivity index (χ0v) is 8.81. The van der Waals surface area contributed by atoms with Crippen molar-refractivity contribution in [2.75, 3.05) is 14.1 Å². The van der Waals surface area contributed by atoms with E-state index in [1.54, 1.807) is 24.7 Å². The zero-order chi connectivity index (χ0) is 10.7. The minimum atomic E-state index is 0.676. The first-order valence-corrected chi connectivity index (χ1v) is 4.71. The van der Waals surface area contributed by atoms with Crippen molar-refractivity contribution in [2.45, 2.75) is 6.54 Å². The van der Waals surface area contributed by atoms with Crippen LogP contribution in [0.5, 0.6) is 0 Å². The molecule has 2 aromatic heterocycles. The third kappa shape index (κ3) is 2.38. The fourth-order valence-corrected chi connectivity index (χ4v) is 1.29. The van der Waals surface area contributed by atoms with Gasteiger partial charge in [0.05, 0.1) is 12.7 Å². The second-order valence-electron chi connectivity index (χ2n) is 3.55. The number of nitrogens with zero attached hydrogens (tertiary/aromatic N) is 4. The Morgan fingerprint density at radius 1 is 1.20 bits per heavy atom. The second-order valence-corrected chi connectivity index (χ2v) is 3.55. The molecule has 0 aliphatic rings. The Morgan fingerprint density at radius 3 is 2.60 bits per heavy atom. The van der Waals surface area contributed by atoms with Crippen LogP contribution in [0.3, 0.4) is 0 Å². The molecule has 0 atom stereocenters. The summed E-state index contributed by atoms with van der Waals surface area (Å²) in [5.74, 6) is 1.59. The van der Waals surface area contributed by atoms with Crippen LogP contribution >= 0.6 is 0 Å². The minimum absolute atomic E-state index is 0.676. The van der Waals surface area contributed by atoms with Gasteiger partial charge in [0.25, 0.3) is 0 Å². The molecule has 0 unspecified atom stereocenters. The molecule has 0 saturated carbocycles. The number of imidazole rings is 1. The van der Waals surface area contributed by atoms with Crippen LogP contribution in [0.1, 0.15) is 5.82 Å². The molecule has 0 bridgehead atoms. The SMILES string of the molecule is CN(C)Cc1ncc(-c2ncccn2)[nH]1. The van der Waals surface area contributed by atoms with Crippen molar-refractivity contribution in [1.29, 1.82) is 0 Å². The topological polar surface area (TPSA) is 57.7 Å². The highest BCUT2D eigenvalue weighted by molar-refractivity contribution is 5.46. The zero-order valence-electron chi connectivity index (χ0n) is 8.81. The maximum atomic E-state index is 4.26. The van der Waals surface area contributed by atoms with Crippen LogP contribution in [0.4, 0.5) is 0 Å². The van der Waals surface area contributed by atoms with Gasteiger partial charge >= 0.3 is 0 Å². The maximum Gasteiger partial charge on any atom is 0.177 e. The van der Waals surface area contributed by atoms with Gasteiger partial charge in [0, 0.05) is 12.4 Å². The van der Waals surface area contributed by atoms with E-state index < -0.39 is 0 Å². The highest BCUT2D eigenvalue weighted by Gasteiger charge is 2.05. The molecule has 0 saturated heterocycles. The summed E-state index contributed by atoms with van der Waals surface area (Å²) in [4.78, 5) is 17.8. The average molecular weight is 203 g/mol. The minimum Gasteiger partial charge on any atom is -0.338 e. The summed E-state index contributed by atoms with van der Waals surface area (Å²) in [7, 11) is 4.00. The number of H-pyrrole nitrogens is 1. The molecule has 2 rings (SSSR count). The van der Waals surface area contributed by atoms with Crippen LogP contribution < -0.4 is 0 Å². The number of aromatic nitrogens is 4. The number of hydrogen-bond acceptors (Lipinski definition) is 4. The normalized spacial score (nSPS) is 10.9. The lowest BCUT2D eigenvalue weighted by molar-refractivity contribution is 0.392. The molecule has 15 heavy (non-hydrogen) atoms. The second kappa shape index (κ2) is 4.18. The van der Waals surface area contributed by atoms with Crippen molar-refractivity contribution < 1.29 is 0 Å². The number of aromatic amines is 1. The predicted molar refractivity (Wildman–Crippen MR) is 57.0 cm³/mol. The summed E-state index contributed by atoms with van der Waals surface area (Å²) >= 11 is 0. The molecule has 0 spiro atoms. The number of rotatable bonds is 3. The van der Waals surface area contributed by atoms with Crippen molar-refractivity contribution in [1.82, 2.24) is 24.8 Å². The van der Waals surface area contributed by atoms with E-state index in [1.165, 1.54) is 0 Å². The van der Waals surface area contributed by atoms with Gasteiger partial charge in [-0.25, -0.2) is 15.0 Å². The molecule has 0 aliphatic heterocycles.